The first kappa shape index (κ1) is 14.1. The third-order valence-corrected chi connectivity index (χ3v) is 4.05. The van der Waals surface area contributed by atoms with Crippen LogP contribution in [0, 0.1) is 11.3 Å². The molecule has 1 atom stereocenters. The van der Waals surface area contributed by atoms with Gasteiger partial charge in [-0.15, -0.1) is 0 Å². The summed E-state index contributed by atoms with van der Waals surface area (Å²) in [6.45, 7) is 4.52. The molecule has 0 aromatic rings. The summed E-state index contributed by atoms with van der Waals surface area (Å²) in [6.07, 6.45) is 1.45. The Morgan fingerprint density at radius 1 is 1.47 bits per heavy atom. The fourth-order valence-corrected chi connectivity index (χ4v) is 2.88. The Bertz CT molecular complexity index is 374. The number of aliphatic hydroxyl groups is 1. The maximum atomic E-state index is 11.7. The molecule has 19 heavy (non-hydrogen) atoms. The van der Waals surface area contributed by atoms with Crippen molar-refractivity contribution < 1.29 is 14.6 Å². The number of piperidine rings is 1. The molecular formula is C13H21N3O3. The Kier molecular flexibility index (Phi) is 4.27. The van der Waals surface area contributed by atoms with Crippen LogP contribution in [0.5, 0.6) is 0 Å². The van der Waals surface area contributed by atoms with E-state index in [2.05, 4.69) is 11.0 Å². The van der Waals surface area contributed by atoms with E-state index in [-0.39, 0.29) is 12.2 Å². The molecule has 2 rings (SSSR count). The summed E-state index contributed by atoms with van der Waals surface area (Å²) < 4.78 is 4.99. The van der Waals surface area contributed by atoms with Gasteiger partial charge < -0.3 is 14.7 Å². The Morgan fingerprint density at radius 3 is 2.74 bits per heavy atom. The van der Waals surface area contributed by atoms with Gasteiger partial charge in [0.2, 0.25) is 0 Å². The van der Waals surface area contributed by atoms with Gasteiger partial charge in [-0.1, -0.05) is 0 Å². The van der Waals surface area contributed by atoms with E-state index in [4.69, 9.17) is 4.74 Å². The third kappa shape index (κ3) is 2.82. The lowest BCUT2D eigenvalue weighted by atomic mass is 9.94. The maximum Gasteiger partial charge on any atom is 0.409 e. The zero-order valence-corrected chi connectivity index (χ0v) is 11.3. The molecule has 6 heteroatoms. The van der Waals surface area contributed by atoms with E-state index in [0.29, 0.717) is 52.0 Å². The van der Waals surface area contributed by atoms with E-state index in [9.17, 15) is 15.2 Å². The number of nitriles is 1. The summed E-state index contributed by atoms with van der Waals surface area (Å²) in [5.41, 5.74) is -0.604. The van der Waals surface area contributed by atoms with Crippen molar-refractivity contribution in [2.24, 2.45) is 0 Å². The Morgan fingerprint density at radius 2 is 2.16 bits per heavy atom. The van der Waals surface area contributed by atoms with E-state index < -0.39 is 5.54 Å². The predicted molar refractivity (Wildman–Crippen MR) is 68.4 cm³/mol. The normalized spacial score (nSPS) is 29.2. The minimum absolute atomic E-state index is 0.255. The van der Waals surface area contributed by atoms with Crippen LogP contribution >= 0.6 is 0 Å². The number of aliphatic hydroxyl groups excluding tert-OH is 1. The van der Waals surface area contributed by atoms with Gasteiger partial charge in [0.1, 0.15) is 5.54 Å². The van der Waals surface area contributed by atoms with Crippen LogP contribution in [0.4, 0.5) is 4.79 Å². The van der Waals surface area contributed by atoms with Crippen LogP contribution in [0.3, 0.4) is 0 Å². The largest absolute Gasteiger partial charge is 0.450 e. The number of hydrogen-bond acceptors (Lipinski definition) is 5. The standard InChI is InChI=1S/C13H21N3O3/c1-2-19-12(18)15-8-5-13(9-14,10-15)16-6-3-11(17)4-7-16/h11,17H,2-8,10H2,1H3. The number of likely N-dealkylation sites (tertiary alicyclic amines) is 2. The smallest absolute Gasteiger partial charge is 0.409 e. The summed E-state index contributed by atoms with van der Waals surface area (Å²) in [5.74, 6) is 0. The van der Waals surface area contributed by atoms with E-state index >= 15 is 0 Å². The molecule has 1 amide bonds. The number of carbonyl (C=O) groups excluding carboxylic acids is 1. The molecule has 0 aliphatic carbocycles. The second-order valence-electron chi connectivity index (χ2n) is 5.23. The van der Waals surface area contributed by atoms with E-state index in [1.165, 1.54) is 0 Å². The van der Waals surface area contributed by atoms with Crippen LogP contribution in [0.1, 0.15) is 26.2 Å². The van der Waals surface area contributed by atoms with Gasteiger partial charge in [-0.2, -0.15) is 5.26 Å². The average Bonchev–Trinajstić information content (AvgIpc) is 2.86. The molecule has 0 radical (unpaired) electrons. The zero-order chi connectivity index (χ0) is 13.9. The van der Waals surface area contributed by atoms with E-state index in [1.54, 1.807) is 11.8 Å². The van der Waals surface area contributed by atoms with Gasteiger partial charge >= 0.3 is 6.09 Å². The SMILES string of the molecule is CCOC(=O)N1CCC(C#N)(N2CCC(O)CC2)C1. The Labute approximate surface area is 113 Å². The second kappa shape index (κ2) is 5.76. The first-order valence-electron chi connectivity index (χ1n) is 6.87. The van der Waals surface area contributed by atoms with Crippen molar-refractivity contribution in [1.29, 1.82) is 5.26 Å². The Hall–Kier alpha value is -1.32. The first-order chi connectivity index (χ1) is 9.11. The van der Waals surface area contributed by atoms with Crippen molar-refractivity contribution in [2.45, 2.75) is 37.8 Å². The molecule has 1 unspecified atom stereocenters. The van der Waals surface area contributed by atoms with Crippen molar-refractivity contribution in [2.75, 3.05) is 32.8 Å². The number of rotatable bonds is 2. The summed E-state index contributed by atoms with van der Waals surface area (Å²) in [5, 5.41) is 19.1. The van der Waals surface area contributed by atoms with Crippen LogP contribution in [0.25, 0.3) is 0 Å². The summed E-state index contributed by atoms with van der Waals surface area (Å²) in [7, 11) is 0. The number of carbonyl (C=O) groups is 1. The van der Waals surface area contributed by atoms with E-state index in [0.717, 1.165) is 0 Å². The molecule has 2 aliphatic heterocycles. The number of hydrogen-bond donors (Lipinski definition) is 1. The third-order valence-electron chi connectivity index (χ3n) is 4.05. The predicted octanol–water partition coefficient (Wildman–Crippen LogP) is 0.568. The minimum Gasteiger partial charge on any atom is -0.450 e. The van der Waals surface area contributed by atoms with Crippen LogP contribution in [0.15, 0.2) is 0 Å². The maximum absolute atomic E-state index is 11.7. The van der Waals surface area contributed by atoms with Crippen molar-refractivity contribution in [3.63, 3.8) is 0 Å². The van der Waals surface area contributed by atoms with Gasteiger partial charge in [-0.3, -0.25) is 4.90 Å². The number of ether oxygens (including phenoxy) is 1. The Balaban J connectivity index is 2.01. The summed E-state index contributed by atoms with van der Waals surface area (Å²) in [4.78, 5) is 15.4. The van der Waals surface area contributed by atoms with Crippen LogP contribution in [-0.2, 0) is 4.74 Å². The zero-order valence-electron chi connectivity index (χ0n) is 11.3. The van der Waals surface area contributed by atoms with Crippen molar-refractivity contribution in [1.82, 2.24) is 9.80 Å². The van der Waals surface area contributed by atoms with Gasteiger partial charge in [0.25, 0.3) is 0 Å². The number of nitrogens with zero attached hydrogens (tertiary/aromatic N) is 3. The fraction of sp³-hybridized carbons (Fsp3) is 0.846. The van der Waals surface area contributed by atoms with Crippen molar-refractivity contribution >= 4 is 6.09 Å². The molecule has 0 spiro atoms. The lowest BCUT2D eigenvalue weighted by Crippen LogP contribution is -2.53. The highest BCUT2D eigenvalue weighted by atomic mass is 16.6. The average molecular weight is 267 g/mol. The highest BCUT2D eigenvalue weighted by molar-refractivity contribution is 5.68. The van der Waals surface area contributed by atoms with Gasteiger partial charge in [-0.05, 0) is 26.2 Å². The molecule has 2 aliphatic rings. The first-order valence-corrected chi connectivity index (χ1v) is 6.87. The molecule has 6 nitrogen and oxygen atoms in total. The summed E-state index contributed by atoms with van der Waals surface area (Å²) >= 11 is 0. The highest BCUT2D eigenvalue weighted by Gasteiger charge is 2.46. The van der Waals surface area contributed by atoms with Gasteiger partial charge in [0, 0.05) is 19.6 Å². The highest BCUT2D eigenvalue weighted by Crippen LogP contribution is 2.30. The molecule has 0 saturated carbocycles. The molecule has 0 aromatic heterocycles. The van der Waals surface area contributed by atoms with Crippen LogP contribution in [0.2, 0.25) is 0 Å². The molecule has 0 bridgehead atoms. The fourth-order valence-electron chi connectivity index (χ4n) is 2.88. The van der Waals surface area contributed by atoms with Crippen molar-refractivity contribution in [3.05, 3.63) is 0 Å². The number of amides is 1. The van der Waals surface area contributed by atoms with E-state index in [1.807, 2.05) is 0 Å². The molecular weight excluding hydrogens is 246 g/mol. The lowest BCUT2D eigenvalue weighted by Gasteiger charge is -2.39. The van der Waals surface area contributed by atoms with Gasteiger partial charge in [0.15, 0.2) is 0 Å². The van der Waals surface area contributed by atoms with Gasteiger partial charge in [-0.25, -0.2) is 4.79 Å². The topological polar surface area (TPSA) is 76.8 Å². The minimum atomic E-state index is -0.604. The molecule has 2 heterocycles. The van der Waals surface area contributed by atoms with Gasteiger partial charge in [0.05, 0.1) is 25.3 Å². The second-order valence-corrected chi connectivity index (χ2v) is 5.23. The van der Waals surface area contributed by atoms with Crippen molar-refractivity contribution in [3.8, 4) is 6.07 Å². The molecule has 2 saturated heterocycles. The van der Waals surface area contributed by atoms with Crippen LogP contribution in [-0.4, -0.2) is 65.4 Å². The lowest BCUT2D eigenvalue weighted by molar-refractivity contribution is 0.0396. The molecule has 1 N–H and O–H groups in total. The monoisotopic (exact) mass is 267 g/mol. The quantitative estimate of drug-likeness (QED) is 0.791. The summed E-state index contributed by atoms with van der Waals surface area (Å²) in [6, 6.07) is 2.38. The molecule has 0 aromatic carbocycles. The molecule has 106 valence electrons. The van der Waals surface area contributed by atoms with Crippen LogP contribution < -0.4 is 0 Å². The molecule has 2 fully saturated rings.